The molecule has 0 aliphatic carbocycles. The second-order valence-electron chi connectivity index (χ2n) is 4.43. The molecule has 0 unspecified atom stereocenters. The third kappa shape index (κ3) is 2.92. The molecule has 0 saturated heterocycles. The summed E-state index contributed by atoms with van der Waals surface area (Å²) in [7, 11) is 3.09. The summed E-state index contributed by atoms with van der Waals surface area (Å²) in [5.74, 6) is 1.49. The Balaban J connectivity index is 2.65. The first-order valence-corrected chi connectivity index (χ1v) is 7.22. The molecule has 0 N–H and O–H groups in total. The number of methoxy groups -OCH3 is 2. The van der Waals surface area contributed by atoms with E-state index in [1.54, 1.807) is 19.2 Å². The summed E-state index contributed by atoms with van der Waals surface area (Å²) in [5, 5.41) is 0.835. The quantitative estimate of drug-likeness (QED) is 0.784. The summed E-state index contributed by atoms with van der Waals surface area (Å²) in [5.41, 5.74) is 2.45. The van der Waals surface area contributed by atoms with E-state index < -0.39 is 0 Å². The van der Waals surface area contributed by atoms with Crippen molar-refractivity contribution in [2.75, 3.05) is 14.2 Å². The van der Waals surface area contributed by atoms with Crippen molar-refractivity contribution in [1.29, 1.82) is 0 Å². The van der Waals surface area contributed by atoms with E-state index in [2.05, 4.69) is 9.97 Å². The number of rotatable bonds is 4. The van der Waals surface area contributed by atoms with Gasteiger partial charge in [0, 0.05) is 16.8 Å². The molecular formula is C15H16Cl2N2O2. The fourth-order valence-corrected chi connectivity index (χ4v) is 2.57. The first-order valence-electron chi connectivity index (χ1n) is 6.47. The lowest BCUT2D eigenvalue weighted by molar-refractivity contribution is 0.355. The van der Waals surface area contributed by atoms with Crippen LogP contribution in [0, 0.1) is 6.92 Å². The van der Waals surface area contributed by atoms with Gasteiger partial charge in [0.1, 0.15) is 5.15 Å². The zero-order valence-electron chi connectivity index (χ0n) is 12.3. The van der Waals surface area contributed by atoms with Crippen LogP contribution in [0.3, 0.4) is 0 Å². The predicted molar refractivity (Wildman–Crippen MR) is 84.7 cm³/mol. The van der Waals surface area contributed by atoms with Crippen LogP contribution in [0.5, 0.6) is 11.5 Å². The van der Waals surface area contributed by atoms with E-state index in [-0.39, 0.29) is 0 Å². The minimum atomic E-state index is 0.402. The molecule has 0 atom stereocenters. The molecule has 1 aromatic heterocycles. The zero-order chi connectivity index (χ0) is 15.6. The van der Waals surface area contributed by atoms with Crippen LogP contribution in [-0.4, -0.2) is 24.2 Å². The number of halogens is 2. The van der Waals surface area contributed by atoms with Crippen LogP contribution in [0.1, 0.15) is 18.2 Å². The van der Waals surface area contributed by atoms with E-state index in [1.165, 1.54) is 7.11 Å². The van der Waals surface area contributed by atoms with Crippen molar-refractivity contribution in [2.24, 2.45) is 0 Å². The molecular weight excluding hydrogens is 311 g/mol. The van der Waals surface area contributed by atoms with Crippen molar-refractivity contribution in [3.8, 4) is 22.9 Å². The minimum Gasteiger partial charge on any atom is -0.493 e. The number of nitrogens with zero attached hydrogens (tertiary/aromatic N) is 2. The second-order valence-corrected chi connectivity index (χ2v) is 5.16. The van der Waals surface area contributed by atoms with Crippen LogP contribution in [0.2, 0.25) is 10.2 Å². The normalized spacial score (nSPS) is 10.6. The van der Waals surface area contributed by atoms with Crippen molar-refractivity contribution in [1.82, 2.24) is 9.97 Å². The molecule has 2 rings (SSSR count). The van der Waals surface area contributed by atoms with Gasteiger partial charge in [-0.15, -0.1) is 0 Å². The Hall–Kier alpha value is -1.52. The predicted octanol–water partition coefficient (Wildman–Crippen LogP) is 4.34. The van der Waals surface area contributed by atoms with Gasteiger partial charge in [-0.2, -0.15) is 0 Å². The minimum absolute atomic E-state index is 0.402. The summed E-state index contributed by atoms with van der Waals surface area (Å²) < 4.78 is 10.5. The van der Waals surface area contributed by atoms with Gasteiger partial charge < -0.3 is 9.47 Å². The number of hydrogen-bond acceptors (Lipinski definition) is 4. The molecule has 1 aromatic carbocycles. The smallest absolute Gasteiger partial charge is 0.180 e. The monoisotopic (exact) mass is 326 g/mol. The van der Waals surface area contributed by atoms with Gasteiger partial charge in [-0.1, -0.05) is 30.1 Å². The third-order valence-electron chi connectivity index (χ3n) is 3.25. The van der Waals surface area contributed by atoms with Gasteiger partial charge >= 0.3 is 0 Å². The topological polar surface area (TPSA) is 44.2 Å². The molecule has 2 aromatic rings. The molecule has 0 spiro atoms. The van der Waals surface area contributed by atoms with Crippen molar-refractivity contribution in [3.63, 3.8) is 0 Å². The second kappa shape index (κ2) is 6.50. The SMILES string of the molecule is CCc1nc(-c2ccc(OC)c(OC)c2Cl)nc(Cl)c1C. The maximum absolute atomic E-state index is 6.39. The highest BCUT2D eigenvalue weighted by atomic mass is 35.5. The van der Waals surface area contributed by atoms with Crippen LogP contribution < -0.4 is 9.47 Å². The van der Waals surface area contributed by atoms with Crippen molar-refractivity contribution < 1.29 is 9.47 Å². The Morgan fingerprint density at radius 2 is 1.81 bits per heavy atom. The Morgan fingerprint density at radius 1 is 1.10 bits per heavy atom. The van der Waals surface area contributed by atoms with Gasteiger partial charge in [-0.3, -0.25) is 0 Å². The maximum Gasteiger partial charge on any atom is 0.180 e. The first kappa shape index (κ1) is 15.9. The van der Waals surface area contributed by atoms with E-state index in [1.807, 2.05) is 13.8 Å². The molecule has 0 bridgehead atoms. The zero-order valence-corrected chi connectivity index (χ0v) is 13.8. The summed E-state index contributed by atoms with van der Waals surface area (Å²) in [6.07, 6.45) is 0.770. The highest BCUT2D eigenvalue weighted by Gasteiger charge is 2.18. The Labute approximate surface area is 134 Å². The summed E-state index contributed by atoms with van der Waals surface area (Å²) >= 11 is 12.6. The molecule has 21 heavy (non-hydrogen) atoms. The third-order valence-corrected chi connectivity index (χ3v) is 3.99. The van der Waals surface area contributed by atoms with E-state index >= 15 is 0 Å². The van der Waals surface area contributed by atoms with E-state index in [4.69, 9.17) is 32.7 Å². The van der Waals surface area contributed by atoms with Gasteiger partial charge in [-0.05, 0) is 25.5 Å². The summed E-state index contributed by atoms with van der Waals surface area (Å²) in [6, 6.07) is 3.56. The summed E-state index contributed by atoms with van der Waals surface area (Å²) in [4.78, 5) is 8.85. The van der Waals surface area contributed by atoms with Crippen LogP contribution in [0.15, 0.2) is 12.1 Å². The van der Waals surface area contributed by atoms with E-state index in [0.29, 0.717) is 33.1 Å². The molecule has 112 valence electrons. The van der Waals surface area contributed by atoms with Gasteiger partial charge in [0.25, 0.3) is 0 Å². The molecule has 0 radical (unpaired) electrons. The molecule has 0 aliphatic heterocycles. The highest BCUT2D eigenvalue weighted by molar-refractivity contribution is 6.35. The molecule has 0 amide bonds. The molecule has 0 fully saturated rings. The molecule has 0 aliphatic rings. The standard InChI is InChI=1S/C15H16Cl2N2O2/c1-5-10-8(2)14(17)19-15(18-10)9-6-7-11(20-3)13(21-4)12(9)16/h6-7H,5H2,1-4H3. The van der Waals surface area contributed by atoms with Crippen LogP contribution in [0.4, 0.5) is 0 Å². The largest absolute Gasteiger partial charge is 0.493 e. The maximum atomic E-state index is 6.39. The van der Waals surface area contributed by atoms with Gasteiger partial charge in [0.05, 0.1) is 19.2 Å². The molecule has 1 heterocycles. The highest BCUT2D eigenvalue weighted by Crippen LogP contribution is 2.41. The fourth-order valence-electron chi connectivity index (χ4n) is 2.06. The number of aryl methyl sites for hydroxylation is 1. The number of aromatic nitrogens is 2. The van der Waals surface area contributed by atoms with Crippen molar-refractivity contribution in [3.05, 3.63) is 33.6 Å². The average molecular weight is 327 g/mol. The molecule has 6 heteroatoms. The Kier molecular flexibility index (Phi) is 4.91. The lowest BCUT2D eigenvalue weighted by atomic mass is 10.1. The fraction of sp³-hybridized carbons (Fsp3) is 0.333. The Morgan fingerprint density at radius 3 is 2.38 bits per heavy atom. The Bertz CT molecular complexity index is 675. The number of hydrogen-bond donors (Lipinski definition) is 0. The lowest BCUT2D eigenvalue weighted by Crippen LogP contribution is -2.01. The van der Waals surface area contributed by atoms with Crippen LogP contribution >= 0.6 is 23.2 Å². The first-order chi connectivity index (χ1) is 10.0. The van der Waals surface area contributed by atoms with Crippen LogP contribution in [-0.2, 0) is 6.42 Å². The molecule has 4 nitrogen and oxygen atoms in total. The lowest BCUT2D eigenvalue weighted by Gasteiger charge is -2.13. The average Bonchev–Trinajstić information content (AvgIpc) is 2.49. The van der Waals surface area contributed by atoms with Crippen LogP contribution in [0.25, 0.3) is 11.4 Å². The summed E-state index contributed by atoms with van der Waals surface area (Å²) in [6.45, 7) is 3.92. The van der Waals surface area contributed by atoms with Crippen molar-refractivity contribution in [2.45, 2.75) is 20.3 Å². The molecule has 0 saturated carbocycles. The van der Waals surface area contributed by atoms with Gasteiger partial charge in [0.2, 0.25) is 0 Å². The van der Waals surface area contributed by atoms with Crippen molar-refractivity contribution >= 4 is 23.2 Å². The number of benzene rings is 1. The van der Waals surface area contributed by atoms with Gasteiger partial charge in [-0.25, -0.2) is 9.97 Å². The van der Waals surface area contributed by atoms with E-state index in [0.717, 1.165) is 17.7 Å². The van der Waals surface area contributed by atoms with E-state index in [9.17, 15) is 0 Å². The number of ether oxygens (including phenoxy) is 2. The van der Waals surface area contributed by atoms with Gasteiger partial charge in [0.15, 0.2) is 17.3 Å².